The number of halogens is 1. The van der Waals surface area contributed by atoms with E-state index in [4.69, 9.17) is 36.0 Å². The molecule has 0 radical (unpaired) electrons. The summed E-state index contributed by atoms with van der Waals surface area (Å²) in [6, 6.07) is 36.3. The number of fused-ring (bicyclic) bond motifs is 1. The van der Waals surface area contributed by atoms with Crippen LogP contribution in [0.4, 0.5) is 5.82 Å². The molecule has 1 aliphatic heterocycles. The van der Waals surface area contributed by atoms with Crippen molar-refractivity contribution in [3.05, 3.63) is 136 Å². The van der Waals surface area contributed by atoms with E-state index < -0.39 is 0 Å². The van der Waals surface area contributed by atoms with Crippen molar-refractivity contribution in [1.29, 1.82) is 5.26 Å². The summed E-state index contributed by atoms with van der Waals surface area (Å²) in [4.78, 5) is 14.6. The van der Waals surface area contributed by atoms with Gasteiger partial charge < -0.3 is 14.8 Å². The number of hydrogen-bond donors (Lipinski definition) is 1. The van der Waals surface area contributed by atoms with E-state index in [2.05, 4.69) is 35.7 Å². The maximum absolute atomic E-state index is 10.4. The number of ether oxygens (including phenoxy) is 2. The lowest BCUT2D eigenvalue weighted by Gasteiger charge is -2.20. The number of thioether (sulfide) groups is 1. The van der Waals surface area contributed by atoms with Crippen molar-refractivity contribution >= 4 is 40.5 Å². The number of aromatic nitrogens is 3. The number of nitriles is 1. The first-order valence-corrected chi connectivity index (χ1v) is 16.8. The van der Waals surface area contributed by atoms with Crippen molar-refractivity contribution in [2.45, 2.75) is 16.8 Å². The molecule has 0 bridgehead atoms. The van der Waals surface area contributed by atoms with Crippen LogP contribution in [-0.4, -0.2) is 28.3 Å². The predicted molar refractivity (Wildman–Crippen MR) is 184 cm³/mol. The summed E-state index contributed by atoms with van der Waals surface area (Å²) in [5, 5.41) is 18.1. The molecule has 0 aliphatic carbocycles. The highest BCUT2D eigenvalue weighted by atomic mass is 35.5. The first-order chi connectivity index (χ1) is 22.6. The number of rotatable bonds is 10. The van der Waals surface area contributed by atoms with Gasteiger partial charge in [0.2, 0.25) is 6.79 Å². The average molecular weight is 660 g/mol. The van der Waals surface area contributed by atoms with E-state index in [9.17, 15) is 5.26 Å². The summed E-state index contributed by atoms with van der Waals surface area (Å²) in [6.45, 7) is 0.689. The van der Waals surface area contributed by atoms with Crippen LogP contribution in [-0.2, 0) is 5.75 Å². The van der Waals surface area contributed by atoms with Crippen LogP contribution in [0.5, 0.6) is 11.5 Å². The van der Waals surface area contributed by atoms with Crippen LogP contribution >= 0.6 is 34.7 Å². The van der Waals surface area contributed by atoms with E-state index in [1.165, 1.54) is 22.9 Å². The monoisotopic (exact) mass is 659 g/mol. The van der Waals surface area contributed by atoms with Crippen LogP contribution in [0.1, 0.15) is 28.3 Å². The standard InChI is InChI=1S/C36H26ClN5O2S2/c37-27-14-11-25(12-15-27)35-40-28(20-45-35)21-46-36-41-33(26-13-16-31-32(17-26)44-22-43-31)29(18-38)34(42-36)39-19-30(23-7-3-1-4-8-23)24-9-5-2-6-10-24/h1-17,20,30H,19,21-22H2,(H,39,41,42). The molecule has 1 aliphatic rings. The van der Waals surface area contributed by atoms with Gasteiger partial charge in [0.05, 0.1) is 11.4 Å². The van der Waals surface area contributed by atoms with E-state index in [0.29, 0.717) is 51.1 Å². The number of hydrogen-bond acceptors (Lipinski definition) is 9. The quantitative estimate of drug-likeness (QED) is 0.115. The summed E-state index contributed by atoms with van der Waals surface area (Å²) >= 11 is 9.13. The van der Waals surface area contributed by atoms with E-state index in [-0.39, 0.29) is 12.7 Å². The van der Waals surface area contributed by atoms with Crippen molar-refractivity contribution in [2.24, 2.45) is 0 Å². The average Bonchev–Trinajstić information content (AvgIpc) is 3.78. The lowest BCUT2D eigenvalue weighted by atomic mass is 9.91. The van der Waals surface area contributed by atoms with Gasteiger partial charge in [-0.25, -0.2) is 15.0 Å². The van der Waals surface area contributed by atoms with Gasteiger partial charge in [-0.3, -0.25) is 0 Å². The van der Waals surface area contributed by atoms with Crippen LogP contribution < -0.4 is 14.8 Å². The Bertz CT molecular complexity index is 1980. The minimum absolute atomic E-state index is 0.0373. The molecule has 1 N–H and O–H groups in total. The van der Waals surface area contributed by atoms with Crippen LogP contribution in [0, 0.1) is 11.3 Å². The predicted octanol–water partition coefficient (Wildman–Crippen LogP) is 9.06. The zero-order valence-electron chi connectivity index (χ0n) is 24.4. The zero-order valence-corrected chi connectivity index (χ0v) is 26.8. The summed E-state index contributed by atoms with van der Waals surface area (Å²) in [5.74, 6) is 2.36. The molecule has 0 atom stereocenters. The number of thiazole rings is 1. The molecule has 6 aromatic rings. The van der Waals surface area contributed by atoms with Gasteiger partial charge in [0, 0.05) is 39.7 Å². The van der Waals surface area contributed by atoms with Gasteiger partial charge in [-0.15, -0.1) is 11.3 Å². The normalized spacial score (nSPS) is 11.8. The molecule has 0 amide bonds. The Morgan fingerprint density at radius 2 is 1.54 bits per heavy atom. The number of nitrogens with one attached hydrogen (secondary N) is 1. The van der Waals surface area contributed by atoms with Crippen molar-refractivity contribution in [3.63, 3.8) is 0 Å². The lowest BCUT2D eigenvalue weighted by Crippen LogP contribution is -2.16. The Balaban J connectivity index is 1.21. The van der Waals surface area contributed by atoms with Crippen molar-refractivity contribution in [3.8, 4) is 39.4 Å². The molecule has 46 heavy (non-hydrogen) atoms. The lowest BCUT2D eigenvalue weighted by molar-refractivity contribution is 0.174. The first kappa shape index (κ1) is 29.8. The molecular formula is C36H26ClN5O2S2. The third-order valence-electron chi connectivity index (χ3n) is 7.52. The third-order valence-corrected chi connectivity index (χ3v) is 9.59. The Kier molecular flexibility index (Phi) is 8.83. The van der Waals surface area contributed by atoms with Crippen molar-refractivity contribution < 1.29 is 9.47 Å². The molecule has 0 saturated heterocycles. The Hall–Kier alpha value is -4.88. The summed E-state index contributed by atoms with van der Waals surface area (Å²) in [7, 11) is 0. The minimum atomic E-state index is 0.0373. The molecule has 0 unspecified atom stereocenters. The van der Waals surface area contributed by atoms with Crippen LogP contribution in [0.25, 0.3) is 21.8 Å². The Morgan fingerprint density at radius 3 is 2.26 bits per heavy atom. The summed E-state index contributed by atoms with van der Waals surface area (Å²) < 4.78 is 11.2. The topological polar surface area (TPSA) is 93.0 Å². The summed E-state index contributed by atoms with van der Waals surface area (Å²) in [6.07, 6.45) is 0. The second-order valence-corrected chi connectivity index (χ2v) is 12.7. The fraction of sp³-hybridized carbons (Fsp3) is 0.111. The number of benzene rings is 4. The second-order valence-electron chi connectivity index (χ2n) is 10.5. The summed E-state index contributed by atoms with van der Waals surface area (Å²) in [5.41, 5.74) is 5.90. The van der Waals surface area contributed by atoms with Gasteiger partial charge in [0.15, 0.2) is 16.7 Å². The minimum Gasteiger partial charge on any atom is -0.454 e. The molecule has 2 aromatic heterocycles. The fourth-order valence-electron chi connectivity index (χ4n) is 5.23. The fourth-order valence-corrected chi connectivity index (χ4v) is 7.02. The molecule has 7 nitrogen and oxygen atoms in total. The molecular weight excluding hydrogens is 634 g/mol. The van der Waals surface area contributed by atoms with E-state index in [0.717, 1.165) is 21.8 Å². The molecule has 0 spiro atoms. The largest absolute Gasteiger partial charge is 0.454 e. The zero-order chi connectivity index (χ0) is 31.3. The van der Waals surface area contributed by atoms with E-state index in [1.54, 1.807) is 11.3 Å². The Morgan fingerprint density at radius 1 is 0.848 bits per heavy atom. The Labute approximate surface area is 279 Å². The molecule has 7 rings (SSSR count). The highest BCUT2D eigenvalue weighted by Crippen LogP contribution is 2.38. The van der Waals surface area contributed by atoms with Crippen LogP contribution in [0.15, 0.2) is 114 Å². The highest BCUT2D eigenvalue weighted by molar-refractivity contribution is 7.98. The van der Waals surface area contributed by atoms with Crippen molar-refractivity contribution in [1.82, 2.24) is 15.0 Å². The van der Waals surface area contributed by atoms with Gasteiger partial charge in [0.1, 0.15) is 22.5 Å². The molecule has 226 valence electrons. The number of nitrogens with zero attached hydrogens (tertiary/aromatic N) is 4. The van der Waals surface area contributed by atoms with Crippen LogP contribution in [0.2, 0.25) is 5.02 Å². The van der Waals surface area contributed by atoms with Crippen molar-refractivity contribution in [2.75, 3.05) is 18.7 Å². The number of anilines is 1. The van der Waals surface area contributed by atoms with E-state index in [1.807, 2.05) is 84.2 Å². The third kappa shape index (κ3) is 6.56. The van der Waals surface area contributed by atoms with Gasteiger partial charge in [-0.2, -0.15) is 5.26 Å². The second kappa shape index (κ2) is 13.6. The van der Waals surface area contributed by atoms with Crippen LogP contribution in [0.3, 0.4) is 0 Å². The van der Waals surface area contributed by atoms with Gasteiger partial charge in [-0.1, -0.05) is 96.2 Å². The molecule has 10 heteroatoms. The smallest absolute Gasteiger partial charge is 0.231 e. The molecule has 0 fully saturated rings. The highest BCUT2D eigenvalue weighted by Gasteiger charge is 2.22. The SMILES string of the molecule is N#Cc1c(NCC(c2ccccc2)c2ccccc2)nc(SCc2csc(-c3ccc(Cl)cc3)n2)nc1-c1ccc2c(c1)OCO2. The molecule has 3 heterocycles. The maximum Gasteiger partial charge on any atom is 0.231 e. The molecule has 4 aromatic carbocycles. The van der Waals surface area contributed by atoms with E-state index >= 15 is 0 Å². The van der Waals surface area contributed by atoms with Gasteiger partial charge in [-0.05, 0) is 41.5 Å². The maximum atomic E-state index is 10.4. The van der Waals surface area contributed by atoms with Gasteiger partial charge in [0.25, 0.3) is 0 Å². The van der Waals surface area contributed by atoms with Gasteiger partial charge >= 0.3 is 0 Å². The molecule has 0 saturated carbocycles. The first-order valence-electron chi connectivity index (χ1n) is 14.5.